The summed E-state index contributed by atoms with van der Waals surface area (Å²) in [6.07, 6.45) is 0. The van der Waals surface area contributed by atoms with Crippen LogP contribution in [-0.2, 0) is 6.54 Å². The van der Waals surface area contributed by atoms with Crippen molar-refractivity contribution in [1.29, 1.82) is 0 Å². The van der Waals surface area contributed by atoms with Crippen molar-refractivity contribution in [3.05, 3.63) is 24.1 Å². The highest BCUT2D eigenvalue weighted by molar-refractivity contribution is 5.77. The van der Waals surface area contributed by atoms with Crippen LogP contribution in [0.2, 0.25) is 0 Å². The van der Waals surface area contributed by atoms with Crippen molar-refractivity contribution in [1.82, 2.24) is 9.88 Å². The summed E-state index contributed by atoms with van der Waals surface area (Å²) < 4.78 is 5.63. The van der Waals surface area contributed by atoms with Crippen LogP contribution in [0.15, 0.2) is 22.6 Å². The number of benzene rings is 1. The Bertz CT molecular complexity index is 476. The van der Waals surface area contributed by atoms with Gasteiger partial charge in [-0.15, -0.1) is 0 Å². The number of anilines is 1. The van der Waals surface area contributed by atoms with Crippen molar-refractivity contribution in [2.75, 3.05) is 26.0 Å². The van der Waals surface area contributed by atoms with Crippen molar-refractivity contribution < 1.29 is 4.42 Å². The molecule has 0 aliphatic rings. The largest absolute Gasteiger partial charge is 0.439 e. The van der Waals surface area contributed by atoms with E-state index in [1.54, 1.807) is 0 Å². The minimum absolute atomic E-state index is 0.727. The van der Waals surface area contributed by atoms with Crippen molar-refractivity contribution >= 4 is 16.8 Å². The highest BCUT2D eigenvalue weighted by Crippen LogP contribution is 2.20. The molecule has 0 bridgehead atoms. The summed E-state index contributed by atoms with van der Waals surface area (Å²) >= 11 is 0. The Kier molecular flexibility index (Phi) is 3.10. The van der Waals surface area contributed by atoms with Crippen LogP contribution in [0.25, 0.3) is 11.1 Å². The lowest BCUT2D eigenvalue weighted by molar-refractivity contribution is 0.349. The van der Waals surface area contributed by atoms with Gasteiger partial charge in [0.15, 0.2) is 5.58 Å². The average Bonchev–Trinajstić information content (AvgIpc) is 2.58. The maximum atomic E-state index is 5.63. The number of fused-ring (bicyclic) bond motifs is 1. The molecule has 2 aromatic rings. The lowest BCUT2D eigenvalue weighted by Gasteiger charge is -2.03. The zero-order chi connectivity index (χ0) is 11.5. The Morgan fingerprint density at radius 1 is 1.38 bits per heavy atom. The van der Waals surface area contributed by atoms with Crippen LogP contribution in [0.5, 0.6) is 0 Å². The van der Waals surface area contributed by atoms with Crippen molar-refractivity contribution in [2.45, 2.75) is 13.5 Å². The van der Waals surface area contributed by atoms with E-state index in [-0.39, 0.29) is 0 Å². The fourth-order valence-corrected chi connectivity index (χ4v) is 1.63. The Hall–Kier alpha value is -1.55. The van der Waals surface area contributed by atoms with E-state index in [0.29, 0.717) is 0 Å². The fraction of sp³-hybridized carbons (Fsp3) is 0.417. The number of aromatic nitrogens is 1. The van der Waals surface area contributed by atoms with Crippen LogP contribution in [0.1, 0.15) is 12.8 Å². The molecule has 2 rings (SSSR count). The van der Waals surface area contributed by atoms with E-state index in [1.807, 2.05) is 37.2 Å². The summed E-state index contributed by atoms with van der Waals surface area (Å²) in [5.41, 5.74) is 2.84. The van der Waals surface area contributed by atoms with E-state index < -0.39 is 0 Å². The molecule has 0 atom stereocenters. The predicted octanol–water partition coefficient (Wildman–Crippen LogP) is 2.32. The number of oxazole rings is 1. The summed E-state index contributed by atoms with van der Waals surface area (Å²) in [7, 11) is 4.00. The molecular weight excluding hydrogens is 202 g/mol. The first kappa shape index (κ1) is 11.0. The minimum atomic E-state index is 0.727. The SMILES string of the molecule is CCNc1ccc2oc(CN(C)C)nc2c1. The zero-order valence-corrected chi connectivity index (χ0v) is 9.95. The number of nitrogens with one attached hydrogen (secondary N) is 1. The molecule has 1 aromatic heterocycles. The molecule has 0 aliphatic heterocycles. The molecule has 1 heterocycles. The molecule has 4 heteroatoms. The van der Waals surface area contributed by atoms with Gasteiger partial charge in [0.25, 0.3) is 0 Å². The van der Waals surface area contributed by atoms with Crippen LogP contribution < -0.4 is 5.32 Å². The third-order valence-electron chi connectivity index (χ3n) is 2.26. The van der Waals surface area contributed by atoms with Gasteiger partial charge in [0.1, 0.15) is 5.52 Å². The highest BCUT2D eigenvalue weighted by Gasteiger charge is 2.06. The van der Waals surface area contributed by atoms with Crippen LogP contribution in [0, 0.1) is 0 Å². The summed E-state index contributed by atoms with van der Waals surface area (Å²) in [6.45, 7) is 3.71. The third-order valence-corrected chi connectivity index (χ3v) is 2.26. The van der Waals surface area contributed by atoms with Gasteiger partial charge in [0.2, 0.25) is 5.89 Å². The van der Waals surface area contributed by atoms with Gasteiger partial charge in [-0.2, -0.15) is 0 Å². The molecule has 0 saturated carbocycles. The van der Waals surface area contributed by atoms with Crippen LogP contribution in [-0.4, -0.2) is 30.5 Å². The Morgan fingerprint density at radius 2 is 2.19 bits per heavy atom. The van der Waals surface area contributed by atoms with Gasteiger partial charge < -0.3 is 14.6 Å². The standard InChI is InChI=1S/C12H17N3O/c1-4-13-9-5-6-11-10(7-9)14-12(16-11)8-15(2)3/h5-7,13H,4,8H2,1-3H3. The normalized spacial score (nSPS) is 11.2. The van der Waals surface area contributed by atoms with E-state index in [0.717, 1.165) is 35.8 Å². The number of nitrogens with zero attached hydrogens (tertiary/aromatic N) is 2. The smallest absolute Gasteiger partial charge is 0.209 e. The molecule has 1 aromatic carbocycles. The molecule has 0 fully saturated rings. The number of hydrogen-bond acceptors (Lipinski definition) is 4. The molecule has 0 aliphatic carbocycles. The summed E-state index contributed by atoms with van der Waals surface area (Å²) in [6, 6.07) is 5.98. The monoisotopic (exact) mass is 219 g/mol. The average molecular weight is 219 g/mol. The second-order valence-corrected chi connectivity index (χ2v) is 4.06. The van der Waals surface area contributed by atoms with Crippen LogP contribution in [0.4, 0.5) is 5.69 Å². The topological polar surface area (TPSA) is 41.3 Å². The Labute approximate surface area is 95.3 Å². The molecule has 16 heavy (non-hydrogen) atoms. The van der Waals surface area contributed by atoms with E-state index in [9.17, 15) is 0 Å². The van der Waals surface area contributed by atoms with Gasteiger partial charge in [-0.05, 0) is 39.2 Å². The molecule has 0 spiro atoms. The molecule has 4 nitrogen and oxygen atoms in total. The van der Waals surface area contributed by atoms with Crippen molar-refractivity contribution in [2.24, 2.45) is 0 Å². The van der Waals surface area contributed by atoms with E-state index in [4.69, 9.17) is 4.42 Å². The second-order valence-electron chi connectivity index (χ2n) is 4.06. The molecule has 1 N–H and O–H groups in total. The highest BCUT2D eigenvalue weighted by atomic mass is 16.3. The molecule has 0 unspecified atom stereocenters. The second kappa shape index (κ2) is 4.53. The number of rotatable bonds is 4. The van der Waals surface area contributed by atoms with Gasteiger partial charge in [0, 0.05) is 12.2 Å². The predicted molar refractivity (Wildman–Crippen MR) is 65.6 cm³/mol. The lowest BCUT2D eigenvalue weighted by atomic mass is 10.3. The molecule has 0 radical (unpaired) electrons. The third kappa shape index (κ3) is 2.33. The van der Waals surface area contributed by atoms with E-state index in [2.05, 4.69) is 17.2 Å². The first-order valence-corrected chi connectivity index (χ1v) is 5.47. The maximum Gasteiger partial charge on any atom is 0.209 e. The van der Waals surface area contributed by atoms with Gasteiger partial charge in [-0.1, -0.05) is 0 Å². The summed E-state index contributed by atoms with van der Waals surface area (Å²) in [5.74, 6) is 0.758. The molecule has 0 amide bonds. The molecule has 86 valence electrons. The molecule has 0 saturated heterocycles. The fourth-order valence-electron chi connectivity index (χ4n) is 1.63. The molecular formula is C12H17N3O. The summed E-state index contributed by atoms with van der Waals surface area (Å²) in [4.78, 5) is 6.49. The maximum absolute atomic E-state index is 5.63. The van der Waals surface area contributed by atoms with Crippen LogP contribution >= 0.6 is 0 Å². The van der Waals surface area contributed by atoms with Gasteiger partial charge in [0.05, 0.1) is 6.54 Å². The van der Waals surface area contributed by atoms with Crippen molar-refractivity contribution in [3.8, 4) is 0 Å². The van der Waals surface area contributed by atoms with Gasteiger partial charge >= 0.3 is 0 Å². The van der Waals surface area contributed by atoms with Crippen LogP contribution in [0.3, 0.4) is 0 Å². The van der Waals surface area contributed by atoms with Gasteiger partial charge in [-0.25, -0.2) is 4.98 Å². The summed E-state index contributed by atoms with van der Waals surface area (Å²) in [5, 5.41) is 3.26. The van der Waals surface area contributed by atoms with E-state index in [1.165, 1.54) is 0 Å². The quantitative estimate of drug-likeness (QED) is 0.856. The number of hydrogen-bond donors (Lipinski definition) is 1. The van der Waals surface area contributed by atoms with E-state index >= 15 is 0 Å². The van der Waals surface area contributed by atoms with Gasteiger partial charge in [-0.3, -0.25) is 0 Å². The first-order valence-electron chi connectivity index (χ1n) is 5.47. The Balaban J connectivity index is 2.30. The Morgan fingerprint density at radius 3 is 2.88 bits per heavy atom. The lowest BCUT2D eigenvalue weighted by Crippen LogP contribution is -2.10. The van der Waals surface area contributed by atoms with Crippen molar-refractivity contribution in [3.63, 3.8) is 0 Å². The zero-order valence-electron chi connectivity index (χ0n) is 9.95. The minimum Gasteiger partial charge on any atom is -0.439 e. The first-order chi connectivity index (χ1) is 7.69.